The largest absolute Gasteiger partial charge is 0.486 e. The summed E-state index contributed by atoms with van der Waals surface area (Å²) >= 11 is 1.52. The number of ether oxygens (including phenoxy) is 3. The predicted octanol–water partition coefficient (Wildman–Crippen LogP) is 5.15. The number of carbonyl (C=O) groups excluding carboxylic acids is 1. The van der Waals surface area contributed by atoms with Gasteiger partial charge in [-0.05, 0) is 44.2 Å². The zero-order chi connectivity index (χ0) is 22.8. The summed E-state index contributed by atoms with van der Waals surface area (Å²) in [7, 11) is 0. The Morgan fingerprint density at radius 3 is 2.76 bits per heavy atom. The number of thiazole rings is 1. The van der Waals surface area contributed by atoms with Crippen molar-refractivity contribution in [3.05, 3.63) is 82.1 Å². The highest BCUT2D eigenvalue weighted by Gasteiger charge is 2.20. The summed E-state index contributed by atoms with van der Waals surface area (Å²) in [5.41, 5.74) is 6.53. The lowest BCUT2D eigenvalue weighted by molar-refractivity contribution is 0.102. The first-order valence-electron chi connectivity index (χ1n) is 10.6. The van der Waals surface area contributed by atoms with Crippen LogP contribution in [0.5, 0.6) is 17.2 Å². The molecule has 0 spiro atoms. The first-order valence-corrected chi connectivity index (χ1v) is 11.5. The summed E-state index contributed by atoms with van der Waals surface area (Å²) in [5, 5.41) is 4.94. The van der Waals surface area contributed by atoms with E-state index in [0.717, 1.165) is 28.5 Å². The lowest BCUT2D eigenvalue weighted by Crippen LogP contribution is -2.16. The van der Waals surface area contributed by atoms with E-state index in [1.807, 2.05) is 72.3 Å². The zero-order valence-electron chi connectivity index (χ0n) is 18.3. The number of rotatable bonds is 6. The van der Waals surface area contributed by atoms with E-state index < -0.39 is 0 Å². The van der Waals surface area contributed by atoms with Gasteiger partial charge in [-0.2, -0.15) is 0 Å². The second-order valence-electron chi connectivity index (χ2n) is 7.67. The van der Waals surface area contributed by atoms with Crippen LogP contribution in [0.25, 0.3) is 5.69 Å². The Kier molecular flexibility index (Phi) is 5.75. The standard InChI is InChI=1S/C25H23N3O4S/c1-16-11-20(17(2)28(16)19-7-8-23-24(12-19)31-10-9-30-23)25(29)27-21-5-3-4-6-22(21)32-13-18-14-33-15-26-18/h3-8,11-12,14-15H,9-10,13H2,1-2H3,(H,27,29). The fourth-order valence-electron chi connectivity index (χ4n) is 3.91. The highest BCUT2D eigenvalue weighted by atomic mass is 32.1. The normalized spacial score (nSPS) is 12.4. The van der Waals surface area contributed by atoms with Crippen molar-refractivity contribution in [2.45, 2.75) is 20.5 Å². The molecule has 0 saturated carbocycles. The summed E-state index contributed by atoms with van der Waals surface area (Å²) in [6, 6.07) is 15.1. The molecule has 0 radical (unpaired) electrons. The van der Waals surface area contributed by atoms with Gasteiger partial charge in [0.25, 0.3) is 5.91 Å². The van der Waals surface area contributed by atoms with Crippen molar-refractivity contribution in [1.82, 2.24) is 9.55 Å². The molecular formula is C25H23N3O4S. The lowest BCUT2D eigenvalue weighted by Gasteiger charge is -2.20. The molecule has 7 nitrogen and oxygen atoms in total. The lowest BCUT2D eigenvalue weighted by atomic mass is 10.2. The van der Waals surface area contributed by atoms with Crippen LogP contribution < -0.4 is 19.5 Å². The molecule has 168 valence electrons. The van der Waals surface area contributed by atoms with Gasteiger partial charge in [0.15, 0.2) is 11.5 Å². The van der Waals surface area contributed by atoms with Crippen LogP contribution in [0.4, 0.5) is 5.69 Å². The van der Waals surface area contributed by atoms with Crippen molar-refractivity contribution in [2.75, 3.05) is 18.5 Å². The van der Waals surface area contributed by atoms with E-state index in [1.165, 1.54) is 11.3 Å². The van der Waals surface area contributed by atoms with Crippen LogP contribution >= 0.6 is 11.3 Å². The SMILES string of the molecule is Cc1cc(C(=O)Nc2ccccc2OCc2cscn2)c(C)n1-c1ccc2c(c1)OCCO2. The number of fused-ring (bicyclic) bond motifs is 1. The molecule has 33 heavy (non-hydrogen) atoms. The number of hydrogen-bond donors (Lipinski definition) is 1. The van der Waals surface area contributed by atoms with E-state index in [1.54, 1.807) is 5.51 Å². The number of para-hydroxylation sites is 2. The molecule has 1 aliphatic heterocycles. The molecule has 4 aromatic rings. The molecule has 2 aromatic heterocycles. The Hall–Kier alpha value is -3.78. The molecule has 8 heteroatoms. The zero-order valence-corrected chi connectivity index (χ0v) is 19.1. The monoisotopic (exact) mass is 461 g/mol. The molecule has 0 aliphatic carbocycles. The molecule has 2 aromatic carbocycles. The van der Waals surface area contributed by atoms with Gasteiger partial charge in [0.2, 0.25) is 0 Å². The smallest absolute Gasteiger partial charge is 0.257 e. The Morgan fingerprint density at radius 1 is 1.12 bits per heavy atom. The van der Waals surface area contributed by atoms with Gasteiger partial charge < -0.3 is 24.1 Å². The maximum absolute atomic E-state index is 13.2. The number of hydrogen-bond acceptors (Lipinski definition) is 6. The molecule has 5 rings (SSSR count). The molecule has 1 aliphatic rings. The highest BCUT2D eigenvalue weighted by molar-refractivity contribution is 7.07. The van der Waals surface area contributed by atoms with Crippen LogP contribution in [-0.4, -0.2) is 28.7 Å². The second kappa shape index (κ2) is 8.99. The quantitative estimate of drug-likeness (QED) is 0.430. The second-order valence-corrected chi connectivity index (χ2v) is 8.39. The molecule has 0 bridgehead atoms. The average molecular weight is 462 g/mol. The molecular weight excluding hydrogens is 438 g/mol. The summed E-state index contributed by atoms with van der Waals surface area (Å²) in [4.78, 5) is 17.5. The average Bonchev–Trinajstić information content (AvgIpc) is 3.45. The van der Waals surface area contributed by atoms with Gasteiger partial charge in [-0.1, -0.05) is 12.1 Å². The number of aryl methyl sites for hydroxylation is 1. The molecule has 0 saturated heterocycles. The van der Waals surface area contributed by atoms with E-state index in [2.05, 4.69) is 10.3 Å². The third-order valence-electron chi connectivity index (χ3n) is 5.45. The fraction of sp³-hybridized carbons (Fsp3) is 0.200. The minimum absolute atomic E-state index is 0.198. The van der Waals surface area contributed by atoms with Gasteiger partial charge >= 0.3 is 0 Å². The number of carbonyl (C=O) groups is 1. The topological polar surface area (TPSA) is 74.6 Å². The molecule has 1 N–H and O–H groups in total. The van der Waals surface area contributed by atoms with Gasteiger partial charge in [-0.15, -0.1) is 11.3 Å². The van der Waals surface area contributed by atoms with E-state index in [-0.39, 0.29) is 5.91 Å². The van der Waals surface area contributed by atoms with E-state index in [4.69, 9.17) is 14.2 Å². The van der Waals surface area contributed by atoms with Crippen molar-refractivity contribution in [3.8, 4) is 22.9 Å². The summed E-state index contributed by atoms with van der Waals surface area (Å²) in [6.07, 6.45) is 0. The molecule has 1 amide bonds. The molecule has 0 fully saturated rings. The van der Waals surface area contributed by atoms with Gasteiger partial charge in [0, 0.05) is 28.5 Å². The Labute approximate surface area is 195 Å². The summed E-state index contributed by atoms with van der Waals surface area (Å²) in [5.74, 6) is 1.85. The van der Waals surface area contributed by atoms with Crippen LogP contribution in [-0.2, 0) is 6.61 Å². The van der Waals surface area contributed by atoms with Crippen molar-refractivity contribution < 1.29 is 19.0 Å². The molecule has 0 atom stereocenters. The van der Waals surface area contributed by atoms with Crippen molar-refractivity contribution in [2.24, 2.45) is 0 Å². The predicted molar refractivity (Wildman–Crippen MR) is 127 cm³/mol. The van der Waals surface area contributed by atoms with Crippen molar-refractivity contribution >= 4 is 22.9 Å². The van der Waals surface area contributed by atoms with E-state index in [0.29, 0.717) is 42.6 Å². The number of anilines is 1. The van der Waals surface area contributed by atoms with Gasteiger partial charge in [-0.3, -0.25) is 4.79 Å². The van der Waals surface area contributed by atoms with Crippen LogP contribution in [0.15, 0.2) is 59.4 Å². The van der Waals surface area contributed by atoms with Gasteiger partial charge in [-0.25, -0.2) is 4.98 Å². The number of nitrogens with one attached hydrogen (secondary N) is 1. The van der Waals surface area contributed by atoms with Crippen molar-refractivity contribution in [1.29, 1.82) is 0 Å². The first-order chi connectivity index (χ1) is 16.1. The maximum Gasteiger partial charge on any atom is 0.257 e. The summed E-state index contributed by atoms with van der Waals surface area (Å²) in [6.45, 7) is 5.33. The molecule has 3 heterocycles. The number of aromatic nitrogens is 2. The molecule has 0 unspecified atom stereocenters. The Balaban J connectivity index is 1.38. The van der Waals surface area contributed by atoms with Crippen LogP contribution in [0, 0.1) is 13.8 Å². The van der Waals surface area contributed by atoms with Crippen molar-refractivity contribution in [3.63, 3.8) is 0 Å². The fourth-order valence-corrected chi connectivity index (χ4v) is 4.45. The summed E-state index contributed by atoms with van der Waals surface area (Å²) < 4.78 is 19.3. The van der Waals surface area contributed by atoms with Gasteiger partial charge in [0.05, 0.1) is 22.5 Å². The third kappa shape index (κ3) is 4.29. The minimum atomic E-state index is -0.198. The number of benzene rings is 2. The third-order valence-corrected chi connectivity index (χ3v) is 6.09. The van der Waals surface area contributed by atoms with Crippen LogP contribution in [0.1, 0.15) is 27.4 Å². The number of amides is 1. The maximum atomic E-state index is 13.2. The van der Waals surface area contributed by atoms with Crippen LogP contribution in [0.2, 0.25) is 0 Å². The highest BCUT2D eigenvalue weighted by Crippen LogP contribution is 2.34. The Morgan fingerprint density at radius 2 is 1.94 bits per heavy atom. The van der Waals surface area contributed by atoms with E-state index >= 15 is 0 Å². The Bertz CT molecular complexity index is 1300. The first kappa shape index (κ1) is 21.1. The van der Waals surface area contributed by atoms with Gasteiger partial charge in [0.1, 0.15) is 25.6 Å². The van der Waals surface area contributed by atoms with E-state index in [9.17, 15) is 4.79 Å². The van der Waals surface area contributed by atoms with Crippen LogP contribution in [0.3, 0.4) is 0 Å². The number of nitrogens with zero attached hydrogens (tertiary/aromatic N) is 2. The minimum Gasteiger partial charge on any atom is -0.486 e.